The number of hydrazine groups is 1. The van der Waals surface area contributed by atoms with Crippen molar-refractivity contribution in [1.29, 1.82) is 0 Å². The Labute approximate surface area is 148 Å². The van der Waals surface area contributed by atoms with Gasteiger partial charge in [0.1, 0.15) is 0 Å². The van der Waals surface area contributed by atoms with E-state index in [-0.39, 0.29) is 24.6 Å². The van der Waals surface area contributed by atoms with Gasteiger partial charge in [-0.15, -0.1) is 5.10 Å². The molecular weight excluding hydrogens is 326 g/mol. The van der Waals surface area contributed by atoms with Gasteiger partial charge in [0.05, 0.1) is 6.61 Å². The van der Waals surface area contributed by atoms with Crippen LogP contribution in [-0.4, -0.2) is 18.4 Å². The Morgan fingerprint density at radius 3 is 2.52 bits per heavy atom. The van der Waals surface area contributed by atoms with Crippen molar-refractivity contribution in [2.45, 2.75) is 64.9 Å². The number of hydrazone groups is 1. The molecular formula is C18H30F2N4O. The highest BCUT2D eigenvalue weighted by Gasteiger charge is 2.36. The molecule has 1 saturated carbocycles. The van der Waals surface area contributed by atoms with Crippen molar-refractivity contribution in [2.24, 2.45) is 16.7 Å². The molecule has 0 radical (unpaired) electrons. The minimum absolute atomic E-state index is 0.0396. The van der Waals surface area contributed by atoms with E-state index in [0.29, 0.717) is 26.1 Å². The second-order valence-electron chi connectivity index (χ2n) is 5.77. The van der Waals surface area contributed by atoms with E-state index < -0.39 is 5.92 Å². The average molecular weight is 356 g/mol. The van der Waals surface area contributed by atoms with Crippen LogP contribution in [0.5, 0.6) is 0 Å². The molecule has 5 N–H and O–H groups in total. The highest BCUT2D eigenvalue weighted by atomic mass is 19.3. The fourth-order valence-electron chi connectivity index (χ4n) is 3.08. The first kappa shape index (κ1) is 21.3. The standard InChI is InChI=1S/C16H24F2N4O.C2H6/c1-2-23-10-12-4-3-5-13(14(12)15(19)21-22-20)11-6-8-16(17,18)9-7-11;1-2/h3-5,11,22H,2,6-10,20H2,1H3,(H2,19,21);1-2H3. The summed E-state index contributed by atoms with van der Waals surface area (Å²) in [6.45, 7) is 6.88. The van der Waals surface area contributed by atoms with Crippen LogP contribution in [0.15, 0.2) is 23.3 Å². The molecule has 7 heteroatoms. The smallest absolute Gasteiger partial charge is 0.248 e. The molecule has 1 aromatic rings. The molecule has 1 aliphatic rings. The maximum Gasteiger partial charge on any atom is 0.248 e. The molecule has 0 atom stereocenters. The molecule has 142 valence electrons. The largest absolute Gasteiger partial charge is 0.382 e. The van der Waals surface area contributed by atoms with Crippen molar-refractivity contribution in [3.8, 4) is 0 Å². The van der Waals surface area contributed by atoms with Crippen LogP contribution in [0.25, 0.3) is 0 Å². The third kappa shape index (κ3) is 5.93. The fraction of sp³-hybridized carbons (Fsp3) is 0.611. The van der Waals surface area contributed by atoms with Gasteiger partial charge in [0.25, 0.3) is 0 Å². The van der Waals surface area contributed by atoms with E-state index >= 15 is 0 Å². The van der Waals surface area contributed by atoms with Crippen LogP contribution in [0.3, 0.4) is 0 Å². The Hall–Kier alpha value is -1.73. The first-order valence-electron chi connectivity index (χ1n) is 8.85. The molecule has 0 heterocycles. The molecule has 0 bridgehead atoms. The number of amidine groups is 1. The SMILES string of the molecule is CC.CCOCc1cccc(C2CCC(F)(F)CC2)c1/C(N)=N/NN. The maximum atomic E-state index is 13.4. The lowest BCUT2D eigenvalue weighted by Gasteiger charge is -2.30. The van der Waals surface area contributed by atoms with Crippen LogP contribution in [0, 0.1) is 0 Å². The molecule has 0 aliphatic heterocycles. The van der Waals surface area contributed by atoms with Crippen LogP contribution < -0.4 is 17.1 Å². The van der Waals surface area contributed by atoms with Crippen molar-refractivity contribution in [2.75, 3.05) is 6.61 Å². The molecule has 2 rings (SSSR count). The van der Waals surface area contributed by atoms with Gasteiger partial charge in [-0.2, -0.15) is 0 Å². The number of ether oxygens (including phenoxy) is 1. The summed E-state index contributed by atoms with van der Waals surface area (Å²) in [5.74, 6) is 2.96. The number of nitrogens with two attached hydrogens (primary N) is 2. The summed E-state index contributed by atoms with van der Waals surface area (Å²) in [6, 6.07) is 5.74. The maximum absolute atomic E-state index is 13.4. The first-order valence-corrected chi connectivity index (χ1v) is 8.85. The average Bonchev–Trinajstić information content (AvgIpc) is 2.61. The number of hydrogen-bond donors (Lipinski definition) is 3. The van der Waals surface area contributed by atoms with E-state index in [1.165, 1.54) is 0 Å². The summed E-state index contributed by atoms with van der Waals surface area (Å²) >= 11 is 0. The number of rotatable bonds is 6. The first-order chi connectivity index (χ1) is 12.0. The molecule has 25 heavy (non-hydrogen) atoms. The molecule has 1 aromatic carbocycles. The second kappa shape index (κ2) is 10.3. The van der Waals surface area contributed by atoms with E-state index in [9.17, 15) is 8.78 Å². The highest BCUT2D eigenvalue weighted by Crippen LogP contribution is 2.42. The third-order valence-electron chi connectivity index (χ3n) is 4.24. The molecule has 1 aliphatic carbocycles. The zero-order valence-corrected chi connectivity index (χ0v) is 15.3. The summed E-state index contributed by atoms with van der Waals surface area (Å²) in [5.41, 5.74) is 10.8. The van der Waals surface area contributed by atoms with Crippen molar-refractivity contribution < 1.29 is 13.5 Å². The quantitative estimate of drug-likeness (QED) is 0.314. The van der Waals surface area contributed by atoms with E-state index in [1.807, 2.05) is 39.0 Å². The Bertz CT molecular complexity index is 554. The van der Waals surface area contributed by atoms with Gasteiger partial charge in [-0.3, -0.25) is 0 Å². The van der Waals surface area contributed by atoms with Crippen molar-refractivity contribution >= 4 is 5.84 Å². The summed E-state index contributed by atoms with van der Waals surface area (Å²) in [6.07, 6.45) is 0.667. The van der Waals surface area contributed by atoms with Gasteiger partial charge in [0.2, 0.25) is 5.92 Å². The summed E-state index contributed by atoms with van der Waals surface area (Å²) in [5, 5.41) is 3.87. The third-order valence-corrected chi connectivity index (χ3v) is 4.24. The van der Waals surface area contributed by atoms with Gasteiger partial charge in [-0.05, 0) is 36.8 Å². The number of halogens is 2. The highest BCUT2D eigenvalue weighted by molar-refractivity contribution is 6.00. The summed E-state index contributed by atoms with van der Waals surface area (Å²) in [7, 11) is 0. The fourth-order valence-corrected chi connectivity index (χ4v) is 3.08. The molecule has 0 amide bonds. The van der Waals surface area contributed by atoms with Crippen molar-refractivity contribution in [3.63, 3.8) is 0 Å². The van der Waals surface area contributed by atoms with E-state index in [2.05, 4.69) is 10.6 Å². The second-order valence-corrected chi connectivity index (χ2v) is 5.77. The Kier molecular flexibility index (Phi) is 8.78. The van der Waals surface area contributed by atoms with Gasteiger partial charge < -0.3 is 10.5 Å². The lowest BCUT2D eigenvalue weighted by molar-refractivity contribution is -0.0382. The zero-order chi connectivity index (χ0) is 18.9. The van der Waals surface area contributed by atoms with E-state index in [0.717, 1.165) is 16.7 Å². The van der Waals surface area contributed by atoms with Crippen LogP contribution in [-0.2, 0) is 11.3 Å². The van der Waals surface area contributed by atoms with E-state index in [1.54, 1.807) is 0 Å². The Morgan fingerprint density at radius 2 is 1.96 bits per heavy atom. The molecule has 5 nitrogen and oxygen atoms in total. The van der Waals surface area contributed by atoms with Gasteiger partial charge in [-0.1, -0.05) is 32.0 Å². The molecule has 0 unspecified atom stereocenters. The number of benzene rings is 1. The Morgan fingerprint density at radius 1 is 1.32 bits per heavy atom. The lowest BCUT2D eigenvalue weighted by atomic mass is 9.79. The lowest BCUT2D eigenvalue weighted by Crippen LogP contribution is -2.28. The van der Waals surface area contributed by atoms with E-state index in [4.69, 9.17) is 16.3 Å². The minimum Gasteiger partial charge on any atom is -0.382 e. The predicted molar refractivity (Wildman–Crippen MR) is 97.3 cm³/mol. The predicted octanol–water partition coefficient (Wildman–Crippen LogP) is 3.63. The van der Waals surface area contributed by atoms with Gasteiger partial charge in [-0.25, -0.2) is 20.2 Å². The zero-order valence-electron chi connectivity index (χ0n) is 15.3. The monoisotopic (exact) mass is 356 g/mol. The minimum atomic E-state index is -2.56. The van der Waals surface area contributed by atoms with Crippen LogP contribution in [0.4, 0.5) is 8.78 Å². The number of nitrogens with zero attached hydrogens (tertiary/aromatic N) is 1. The number of hydrogen-bond acceptors (Lipinski definition) is 4. The topological polar surface area (TPSA) is 85.7 Å². The van der Waals surface area contributed by atoms with Crippen LogP contribution in [0.2, 0.25) is 0 Å². The number of nitrogens with one attached hydrogen (secondary N) is 1. The molecule has 0 aromatic heterocycles. The van der Waals surface area contributed by atoms with Crippen LogP contribution >= 0.6 is 0 Å². The van der Waals surface area contributed by atoms with Crippen molar-refractivity contribution in [1.82, 2.24) is 5.53 Å². The Balaban J connectivity index is 0.00000151. The van der Waals surface area contributed by atoms with Gasteiger partial charge in [0, 0.05) is 25.0 Å². The van der Waals surface area contributed by atoms with Crippen LogP contribution in [0.1, 0.15) is 69.1 Å². The summed E-state index contributed by atoms with van der Waals surface area (Å²) in [4.78, 5) is 0. The van der Waals surface area contributed by atoms with Crippen molar-refractivity contribution in [3.05, 3.63) is 34.9 Å². The normalized spacial score (nSPS) is 17.6. The molecule has 1 fully saturated rings. The van der Waals surface area contributed by atoms with Gasteiger partial charge in [0.15, 0.2) is 5.84 Å². The molecule has 0 saturated heterocycles. The number of alkyl halides is 2. The molecule has 0 spiro atoms. The summed E-state index contributed by atoms with van der Waals surface area (Å²) < 4.78 is 32.3. The van der Waals surface area contributed by atoms with Gasteiger partial charge >= 0.3 is 0 Å².